The number of quaternary nitrogens is 1. The zero-order valence-electron chi connectivity index (χ0n) is 12.4. The van der Waals surface area contributed by atoms with Crippen LogP contribution < -0.4 is 5.32 Å². The van der Waals surface area contributed by atoms with Gasteiger partial charge in [-0.2, -0.15) is 0 Å². The summed E-state index contributed by atoms with van der Waals surface area (Å²) >= 11 is 0. The smallest absolute Gasteiger partial charge is 0.283 e. The monoisotopic (exact) mass is 277 g/mol. The molecule has 1 amide bonds. The van der Waals surface area contributed by atoms with Gasteiger partial charge in [0.15, 0.2) is 6.04 Å². The summed E-state index contributed by atoms with van der Waals surface area (Å²) in [5, 5.41) is 3.03. The number of nitrogens with one attached hydrogen (secondary N) is 1. The van der Waals surface area contributed by atoms with E-state index in [1.807, 2.05) is 18.2 Å². The highest BCUT2D eigenvalue weighted by atomic mass is 28.3. The van der Waals surface area contributed by atoms with Gasteiger partial charge in [-0.15, -0.1) is 0 Å². The number of rotatable bonds is 3. The maximum absolute atomic E-state index is 12.4. The van der Waals surface area contributed by atoms with Gasteiger partial charge in [-0.25, -0.2) is 0 Å². The molecule has 0 spiro atoms. The van der Waals surface area contributed by atoms with E-state index >= 15 is 0 Å². The second-order valence-corrected chi connectivity index (χ2v) is 12.5. The van der Waals surface area contributed by atoms with E-state index in [0.29, 0.717) is 0 Å². The van der Waals surface area contributed by atoms with Crippen LogP contribution in [0, 0.1) is 0 Å². The maximum Gasteiger partial charge on any atom is 0.283 e. The molecule has 2 rings (SSSR count). The lowest BCUT2D eigenvalue weighted by atomic mass is 10.0. The summed E-state index contributed by atoms with van der Waals surface area (Å²) in [4.78, 5) is 12.4. The number of nitrogens with zero attached hydrogens (tertiary/aromatic N) is 1. The van der Waals surface area contributed by atoms with Crippen LogP contribution in [0.4, 0.5) is 0 Å². The molecule has 1 saturated heterocycles. The zero-order valence-corrected chi connectivity index (χ0v) is 13.4. The van der Waals surface area contributed by atoms with E-state index in [1.165, 1.54) is 0 Å². The van der Waals surface area contributed by atoms with Crippen molar-refractivity contribution in [1.82, 2.24) is 5.32 Å². The Hall–Kier alpha value is -1.13. The molecule has 2 atom stereocenters. The molecule has 0 aromatic heterocycles. The molecule has 1 N–H and O–H groups in total. The van der Waals surface area contributed by atoms with Gasteiger partial charge in [0.1, 0.15) is 8.07 Å². The molecule has 3 nitrogen and oxygen atoms in total. The first kappa shape index (κ1) is 14.3. The van der Waals surface area contributed by atoms with Crippen molar-refractivity contribution in [3.05, 3.63) is 35.9 Å². The van der Waals surface area contributed by atoms with Crippen LogP contribution in [0.15, 0.2) is 30.3 Å². The topological polar surface area (TPSA) is 29.1 Å². The van der Waals surface area contributed by atoms with Gasteiger partial charge in [-0.1, -0.05) is 50.0 Å². The van der Waals surface area contributed by atoms with E-state index in [4.69, 9.17) is 0 Å². The minimum atomic E-state index is -1.23. The second-order valence-electron chi connectivity index (χ2n) is 7.03. The first-order chi connectivity index (χ1) is 8.82. The van der Waals surface area contributed by atoms with Crippen molar-refractivity contribution < 1.29 is 9.28 Å². The summed E-state index contributed by atoms with van der Waals surface area (Å²) in [6, 6.07) is 10.2. The fourth-order valence-electron chi connectivity index (χ4n) is 3.34. The van der Waals surface area contributed by atoms with Crippen molar-refractivity contribution in [1.29, 1.82) is 0 Å². The summed E-state index contributed by atoms with van der Waals surface area (Å²) < 4.78 is 0.853. The lowest BCUT2D eigenvalue weighted by Gasteiger charge is -2.46. The fourth-order valence-corrected chi connectivity index (χ4v) is 5.85. The molecule has 19 heavy (non-hydrogen) atoms. The highest BCUT2D eigenvalue weighted by Gasteiger charge is 2.44. The fraction of sp³-hybridized carbons (Fsp3) is 0.533. The quantitative estimate of drug-likeness (QED) is 0.666. The molecule has 0 radical (unpaired) electrons. The number of amides is 1. The van der Waals surface area contributed by atoms with Crippen molar-refractivity contribution in [2.75, 3.05) is 26.3 Å². The van der Waals surface area contributed by atoms with Crippen LogP contribution in [0.2, 0.25) is 19.6 Å². The summed E-state index contributed by atoms with van der Waals surface area (Å²) in [6.07, 6.45) is 1.14. The largest absolute Gasteiger partial charge is 0.345 e. The Kier molecular flexibility index (Phi) is 3.83. The number of piperazine rings is 1. The Balaban J connectivity index is 2.37. The van der Waals surface area contributed by atoms with Crippen LogP contribution in [-0.2, 0) is 4.79 Å². The molecule has 1 aromatic rings. The zero-order chi connectivity index (χ0) is 14.1. The van der Waals surface area contributed by atoms with Gasteiger partial charge in [0.25, 0.3) is 5.91 Å². The number of benzene rings is 1. The number of likely N-dealkylation sites (N-methyl/N-ethyl adjacent to an activating group) is 1. The number of hydrogen-bond acceptors (Lipinski definition) is 1. The summed E-state index contributed by atoms with van der Waals surface area (Å²) in [7, 11) is 1.02. The summed E-state index contributed by atoms with van der Waals surface area (Å²) in [5.74, 6) is 0.179. The molecule has 0 bridgehead atoms. The molecule has 0 saturated carbocycles. The van der Waals surface area contributed by atoms with Crippen LogP contribution in [0.3, 0.4) is 0 Å². The van der Waals surface area contributed by atoms with Crippen LogP contribution >= 0.6 is 0 Å². The van der Waals surface area contributed by atoms with Crippen molar-refractivity contribution in [2.24, 2.45) is 0 Å². The van der Waals surface area contributed by atoms with Gasteiger partial charge in [0.2, 0.25) is 0 Å². The van der Waals surface area contributed by atoms with Crippen LogP contribution in [0.1, 0.15) is 11.6 Å². The average Bonchev–Trinajstić information content (AvgIpc) is 2.27. The maximum atomic E-state index is 12.4. The second kappa shape index (κ2) is 5.10. The molecule has 2 unspecified atom stereocenters. The summed E-state index contributed by atoms with van der Waals surface area (Å²) in [6.45, 7) is 8.96. The summed E-state index contributed by atoms with van der Waals surface area (Å²) in [5.41, 5.74) is 1.14. The molecule has 4 heteroatoms. The van der Waals surface area contributed by atoms with E-state index in [9.17, 15) is 4.79 Å². The first-order valence-corrected chi connectivity index (χ1v) is 10.7. The first-order valence-electron chi connectivity index (χ1n) is 6.99. The molecular weight excluding hydrogens is 252 g/mol. The van der Waals surface area contributed by atoms with E-state index in [2.05, 4.69) is 44.1 Å². The van der Waals surface area contributed by atoms with Gasteiger partial charge < -0.3 is 9.80 Å². The Labute approximate surface area is 117 Å². The van der Waals surface area contributed by atoms with Gasteiger partial charge in [0.05, 0.1) is 26.3 Å². The van der Waals surface area contributed by atoms with Gasteiger partial charge in [0, 0.05) is 5.56 Å². The Bertz CT molecular complexity index is 455. The SMILES string of the molecule is C[N+]1(C[Si](C)(C)C)CCNC(=O)C1c1ccccc1. The highest BCUT2D eigenvalue weighted by Crippen LogP contribution is 2.31. The van der Waals surface area contributed by atoms with Crippen molar-refractivity contribution in [3.8, 4) is 0 Å². The van der Waals surface area contributed by atoms with Crippen LogP contribution in [0.5, 0.6) is 0 Å². The highest BCUT2D eigenvalue weighted by molar-refractivity contribution is 6.76. The van der Waals surface area contributed by atoms with E-state index in [-0.39, 0.29) is 11.9 Å². The van der Waals surface area contributed by atoms with Gasteiger partial charge >= 0.3 is 0 Å². The number of carbonyl (C=O) groups excluding carboxylic acids is 1. The third-order valence-corrected chi connectivity index (χ3v) is 5.42. The van der Waals surface area contributed by atoms with Crippen molar-refractivity contribution in [2.45, 2.75) is 25.7 Å². The van der Waals surface area contributed by atoms with Crippen molar-refractivity contribution >= 4 is 14.0 Å². The predicted molar refractivity (Wildman–Crippen MR) is 81.5 cm³/mol. The third kappa shape index (κ3) is 3.25. The molecular formula is C15H25N2OSi+. The molecule has 1 aromatic carbocycles. The normalized spacial score (nSPS) is 28.0. The molecule has 1 heterocycles. The van der Waals surface area contributed by atoms with E-state index < -0.39 is 8.07 Å². The minimum Gasteiger partial charge on any atom is -0.345 e. The Morgan fingerprint density at radius 3 is 2.47 bits per heavy atom. The average molecular weight is 277 g/mol. The standard InChI is InChI=1S/C15H24N2OSi/c1-17(12-19(2,3)4)11-10-16-15(18)14(17)13-8-6-5-7-9-13/h5-9,14H,10-12H2,1-4H3/p+1. The number of hydrogen-bond donors (Lipinski definition) is 1. The number of carbonyl (C=O) groups is 1. The third-order valence-electron chi connectivity index (χ3n) is 3.74. The molecule has 0 aliphatic carbocycles. The minimum absolute atomic E-state index is 0.0540. The van der Waals surface area contributed by atoms with Gasteiger partial charge in [-0.05, 0) is 0 Å². The molecule has 1 aliphatic heterocycles. The lowest BCUT2D eigenvalue weighted by molar-refractivity contribution is -0.922. The van der Waals surface area contributed by atoms with Gasteiger partial charge in [-0.3, -0.25) is 4.79 Å². The molecule has 104 valence electrons. The predicted octanol–water partition coefficient (Wildman–Crippen LogP) is 2.18. The Morgan fingerprint density at radius 2 is 1.89 bits per heavy atom. The van der Waals surface area contributed by atoms with Crippen molar-refractivity contribution in [3.63, 3.8) is 0 Å². The molecule has 1 fully saturated rings. The molecule has 1 aliphatic rings. The van der Waals surface area contributed by atoms with E-state index in [0.717, 1.165) is 29.3 Å². The van der Waals surface area contributed by atoms with Crippen LogP contribution in [0.25, 0.3) is 0 Å². The Morgan fingerprint density at radius 1 is 1.26 bits per heavy atom. The van der Waals surface area contributed by atoms with Crippen LogP contribution in [-0.4, -0.2) is 44.8 Å². The lowest BCUT2D eigenvalue weighted by Crippen LogP contribution is -2.64. The van der Waals surface area contributed by atoms with E-state index in [1.54, 1.807) is 0 Å².